The van der Waals surface area contributed by atoms with Crippen molar-refractivity contribution in [3.63, 3.8) is 0 Å². The summed E-state index contributed by atoms with van der Waals surface area (Å²) in [5.74, 6) is -0.906. The number of hydrogen-bond donors (Lipinski definition) is 2. The third-order valence-electron chi connectivity index (χ3n) is 3.32. The van der Waals surface area contributed by atoms with Gasteiger partial charge in [-0.2, -0.15) is 0 Å². The maximum Gasteiger partial charge on any atom is 0.315 e. The highest BCUT2D eigenvalue weighted by molar-refractivity contribution is 5.81. The molecule has 0 aliphatic carbocycles. The number of hydrogen-bond acceptors (Lipinski definition) is 2. The highest BCUT2D eigenvalue weighted by atomic mass is 19.1. The van der Waals surface area contributed by atoms with Crippen LogP contribution < -0.4 is 5.73 Å². The lowest BCUT2D eigenvalue weighted by Gasteiger charge is -2.28. The number of rotatable bonds is 8. The van der Waals surface area contributed by atoms with Crippen LogP contribution in [0.5, 0.6) is 0 Å². The zero-order valence-electron chi connectivity index (χ0n) is 10.4. The van der Waals surface area contributed by atoms with Gasteiger partial charge in [0, 0.05) is 6.54 Å². The summed E-state index contributed by atoms with van der Waals surface area (Å²) in [5.41, 5.74) is 5.38. The lowest BCUT2D eigenvalue weighted by atomic mass is 9.76. The molecule has 0 saturated heterocycles. The first-order valence-electron chi connectivity index (χ1n) is 6.22. The Morgan fingerprint density at radius 3 is 2.39 bits per heavy atom. The second-order valence-corrected chi connectivity index (χ2v) is 4.46. The Morgan fingerprint density at radius 2 is 1.89 bits per heavy atom. The average molecular weight is 253 g/mol. The number of unbranched alkanes of at least 4 members (excludes halogenated alkanes) is 2. The molecule has 1 atom stereocenters. The monoisotopic (exact) mass is 253 g/mol. The summed E-state index contributed by atoms with van der Waals surface area (Å²) in [6.07, 6.45) is 2.29. The van der Waals surface area contributed by atoms with Gasteiger partial charge in [0.25, 0.3) is 0 Å². The van der Waals surface area contributed by atoms with Gasteiger partial charge in [0.05, 0.1) is 6.67 Å². The minimum Gasteiger partial charge on any atom is -0.481 e. The van der Waals surface area contributed by atoms with Gasteiger partial charge in [-0.15, -0.1) is 0 Å². The van der Waals surface area contributed by atoms with Crippen LogP contribution in [-0.2, 0) is 10.2 Å². The first-order valence-corrected chi connectivity index (χ1v) is 6.22. The van der Waals surface area contributed by atoms with E-state index in [0.29, 0.717) is 25.7 Å². The van der Waals surface area contributed by atoms with E-state index in [9.17, 15) is 14.3 Å². The molecule has 0 aliphatic rings. The molecule has 0 bridgehead atoms. The van der Waals surface area contributed by atoms with Crippen molar-refractivity contribution < 1.29 is 14.3 Å². The number of carbonyl (C=O) groups is 1. The molecule has 100 valence electrons. The number of aliphatic carboxylic acids is 1. The fourth-order valence-electron chi connectivity index (χ4n) is 2.14. The van der Waals surface area contributed by atoms with Crippen molar-refractivity contribution >= 4 is 5.97 Å². The van der Waals surface area contributed by atoms with Crippen LogP contribution in [0.15, 0.2) is 30.3 Å². The topological polar surface area (TPSA) is 63.3 Å². The van der Waals surface area contributed by atoms with E-state index in [1.165, 1.54) is 0 Å². The molecule has 0 saturated carbocycles. The van der Waals surface area contributed by atoms with Gasteiger partial charge >= 0.3 is 5.97 Å². The lowest BCUT2D eigenvalue weighted by Crippen LogP contribution is -2.43. The van der Waals surface area contributed by atoms with E-state index >= 15 is 0 Å². The van der Waals surface area contributed by atoms with Gasteiger partial charge in [-0.25, -0.2) is 0 Å². The molecule has 0 radical (unpaired) electrons. The number of carboxylic acids is 1. The summed E-state index contributed by atoms with van der Waals surface area (Å²) < 4.78 is 12.0. The molecular formula is C14H20FNO2. The fraction of sp³-hybridized carbons (Fsp3) is 0.500. The Balaban J connectivity index is 2.85. The molecule has 3 nitrogen and oxygen atoms in total. The number of halogens is 1. The quantitative estimate of drug-likeness (QED) is 0.700. The maximum absolute atomic E-state index is 12.0. The van der Waals surface area contributed by atoms with Crippen LogP contribution in [0.4, 0.5) is 4.39 Å². The highest BCUT2D eigenvalue weighted by Gasteiger charge is 2.38. The standard InChI is InChI=1S/C14H20FNO2/c15-10-6-2-5-9-14(11-16,13(17)18)12-7-3-1-4-8-12/h1,3-4,7-8H,2,5-6,9-11,16H2,(H,17,18). The summed E-state index contributed by atoms with van der Waals surface area (Å²) in [6, 6.07) is 9.04. The minimum atomic E-state index is -1.04. The van der Waals surface area contributed by atoms with Crippen LogP contribution in [0.2, 0.25) is 0 Å². The molecule has 0 aromatic heterocycles. The second kappa shape index (κ2) is 7.11. The molecule has 0 heterocycles. The summed E-state index contributed by atoms with van der Waals surface area (Å²) in [5, 5.41) is 9.48. The SMILES string of the molecule is NCC(CCCCCF)(C(=O)O)c1ccccc1. The van der Waals surface area contributed by atoms with Crippen molar-refractivity contribution in [1.29, 1.82) is 0 Å². The Hall–Kier alpha value is -1.42. The van der Waals surface area contributed by atoms with Crippen molar-refractivity contribution in [3.05, 3.63) is 35.9 Å². The number of carboxylic acid groups (broad SMARTS) is 1. The first-order chi connectivity index (χ1) is 8.67. The van der Waals surface area contributed by atoms with Crippen molar-refractivity contribution in [2.75, 3.05) is 13.2 Å². The maximum atomic E-state index is 12.0. The van der Waals surface area contributed by atoms with Crippen LogP contribution in [0.1, 0.15) is 31.2 Å². The van der Waals surface area contributed by atoms with Gasteiger partial charge in [0.15, 0.2) is 0 Å². The molecule has 1 aromatic carbocycles. The summed E-state index contributed by atoms with van der Waals surface area (Å²) in [6.45, 7) is -0.296. The number of benzene rings is 1. The van der Waals surface area contributed by atoms with E-state index in [-0.39, 0.29) is 13.2 Å². The van der Waals surface area contributed by atoms with Crippen LogP contribution in [-0.4, -0.2) is 24.3 Å². The summed E-state index contributed by atoms with van der Waals surface area (Å²) in [7, 11) is 0. The van der Waals surface area contributed by atoms with Crippen LogP contribution in [0.3, 0.4) is 0 Å². The molecule has 1 unspecified atom stereocenters. The summed E-state index contributed by atoms with van der Waals surface area (Å²) in [4.78, 5) is 11.6. The van der Waals surface area contributed by atoms with Gasteiger partial charge in [0.2, 0.25) is 0 Å². The van der Waals surface area contributed by atoms with E-state index in [1.54, 1.807) is 12.1 Å². The van der Waals surface area contributed by atoms with E-state index in [2.05, 4.69) is 0 Å². The predicted octanol–water partition coefficient (Wildman–Crippen LogP) is 2.50. The largest absolute Gasteiger partial charge is 0.481 e. The molecule has 0 fully saturated rings. The van der Waals surface area contributed by atoms with Crippen LogP contribution >= 0.6 is 0 Å². The Labute approximate surface area is 107 Å². The van der Waals surface area contributed by atoms with E-state index in [4.69, 9.17) is 5.73 Å². The first kappa shape index (κ1) is 14.6. The molecule has 1 rings (SSSR count). The fourth-order valence-corrected chi connectivity index (χ4v) is 2.14. The van der Waals surface area contributed by atoms with E-state index < -0.39 is 11.4 Å². The molecule has 0 spiro atoms. The van der Waals surface area contributed by atoms with Gasteiger partial charge in [-0.05, 0) is 18.4 Å². The van der Waals surface area contributed by atoms with Gasteiger partial charge in [-0.3, -0.25) is 9.18 Å². The van der Waals surface area contributed by atoms with Gasteiger partial charge < -0.3 is 10.8 Å². The molecule has 1 aromatic rings. The zero-order chi connectivity index (χ0) is 13.4. The average Bonchev–Trinajstić information content (AvgIpc) is 2.40. The normalized spacial score (nSPS) is 14.1. The van der Waals surface area contributed by atoms with Crippen LogP contribution in [0, 0.1) is 0 Å². The minimum absolute atomic E-state index is 0.0575. The Kier molecular flexibility index (Phi) is 5.78. The molecular weight excluding hydrogens is 233 g/mol. The summed E-state index contributed by atoms with van der Waals surface area (Å²) >= 11 is 0. The van der Waals surface area contributed by atoms with Crippen LogP contribution in [0.25, 0.3) is 0 Å². The second-order valence-electron chi connectivity index (χ2n) is 4.46. The smallest absolute Gasteiger partial charge is 0.315 e. The van der Waals surface area contributed by atoms with Gasteiger partial charge in [0.1, 0.15) is 5.41 Å². The van der Waals surface area contributed by atoms with Crippen molar-refractivity contribution in [2.45, 2.75) is 31.1 Å². The Morgan fingerprint density at radius 1 is 1.22 bits per heavy atom. The Bertz CT molecular complexity index is 369. The third kappa shape index (κ3) is 3.29. The molecule has 3 N–H and O–H groups in total. The third-order valence-corrected chi connectivity index (χ3v) is 3.32. The van der Waals surface area contributed by atoms with Gasteiger partial charge in [-0.1, -0.05) is 43.2 Å². The van der Waals surface area contributed by atoms with E-state index in [0.717, 1.165) is 5.56 Å². The highest BCUT2D eigenvalue weighted by Crippen LogP contribution is 2.29. The molecule has 0 aliphatic heterocycles. The van der Waals surface area contributed by atoms with E-state index in [1.807, 2.05) is 18.2 Å². The predicted molar refractivity (Wildman–Crippen MR) is 69.3 cm³/mol. The molecule has 0 amide bonds. The lowest BCUT2D eigenvalue weighted by molar-refractivity contribution is -0.143. The van der Waals surface area contributed by atoms with Crippen molar-refractivity contribution in [1.82, 2.24) is 0 Å². The van der Waals surface area contributed by atoms with Crippen molar-refractivity contribution in [3.8, 4) is 0 Å². The molecule has 18 heavy (non-hydrogen) atoms. The molecule has 4 heteroatoms. The zero-order valence-corrected chi connectivity index (χ0v) is 10.4. The number of nitrogens with two attached hydrogens (primary N) is 1. The number of alkyl halides is 1. The van der Waals surface area contributed by atoms with Crippen molar-refractivity contribution in [2.24, 2.45) is 5.73 Å².